The molecule has 2 nitrogen and oxygen atoms in total. The molecule has 1 radical (unpaired) electrons. The predicted octanol–water partition coefficient (Wildman–Crippen LogP) is 0.889. The number of halogens is 3. The minimum absolute atomic E-state index is 0.171. The molecule has 0 aliphatic heterocycles. The fraction of sp³-hybridized carbons (Fsp3) is 0.600. The van der Waals surface area contributed by atoms with Gasteiger partial charge in [-0.05, 0) is 6.92 Å². The van der Waals surface area contributed by atoms with Gasteiger partial charge in [0.25, 0.3) is 0 Å². The first kappa shape index (κ1) is 9.26. The number of nitrogens with one attached hydrogen (secondary N) is 1. The summed E-state index contributed by atoms with van der Waals surface area (Å²) < 4.78 is 34.0. The van der Waals surface area contributed by atoms with Crippen LogP contribution in [0.25, 0.3) is 0 Å². The molecular formula is C5H7F3NO. The minimum atomic E-state index is -4.33. The molecule has 0 bridgehead atoms. The van der Waals surface area contributed by atoms with Crippen molar-refractivity contribution in [2.24, 2.45) is 0 Å². The maximum Gasteiger partial charge on any atom is 0.405 e. The second-order valence-corrected chi connectivity index (χ2v) is 1.64. The maximum absolute atomic E-state index is 11.3. The molecule has 0 aromatic heterocycles. The number of hydrogen-bond acceptors (Lipinski definition) is 1. The largest absolute Gasteiger partial charge is 0.405 e. The van der Waals surface area contributed by atoms with E-state index in [2.05, 4.69) is 6.92 Å². The quantitative estimate of drug-likeness (QED) is 0.628. The van der Waals surface area contributed by atoms with E-state index in [1.165, 1.54) is 0 Å². The van der Waals surface area contributed by atoms with E-state index in [0.717, 1.165) is 0 Å². The van der Waals surface area contributed by atoms with Gasteiger partial charge in [-0.15, -0.1) is 0 Å². The SMILES string of the molecule is [CH2]CC(=O)NCC(F)(F)F. The summed E-state index contributed by atoms with van der Waals surface area (Å²) >= 11 is 0. The van der Waals surface area contributed by atoms with E-state index in [1.54, 1.807) is 5.32 Å². The molecule has 0 aromatic rings. The number of rotatable bonds is 2. The topological polar surface area (TPSA) is 29.1 Å². The molecule has 1 amide bonds. The van der Waals surface area contributed by atoms with Gasteiger partial charge < -0.3 is 5.32 Å². The number of hydrogen-bond donors (Lipinski definition) is 1. The fourth-order valence-corrected chi connectivity index (χ4v) is 0.287. The number of carbonyl (C=O) groups is 1. The lowest BCUT2D eigenvalue weighted by molar-refractivity contribution is -0.137. The van der Waals surface area contributed by atoms with E-state index < -0.39 is 18.6 Å². The lowest BCUT2D eigenvalue weighted by Crippen LogP contribution is -2.33. The van der Waals surface area contributed by atoms with Crippen molar-refractivity contribution in [2.75, 3.05) is 6.54 Å². The molecule has 0 saturated heterocycles. The van der Waals surface area contributed by atoms with E-state index in [-0.39, 0.29) is 6.42 Å². The zero-order chi connectivity index (χ0) is 8.20. The summed E-state index contributed by atoms with van der Waals surface area (Å²) in [5.41, 5.74) is 0. The van der Waals surface area contributed by atoms with Crippen LogP contribution in [0, 0.1) is 6.92 Å². The van der Waals surface area contributed by atoms with E-state index in [1.807, 2.05) is 0 Å². The van der Waals surface area contributed by atoms with Crippen LogP contribution in [-0.4, -0.2) is 18.6 Å². The summed E-state index contributed by atoms with van der Waals surface area (Å²) in [6.07, 6.45) is -4.50. The average Bonchev–Trinajstić information content (AvgIpc) is 1.81. The predicted molar refractivity (Wildman–Crippen MR) is 29.0 cm³/mol. The molecule has 0 aliphatic rings. The third kappa shape index (κ3) is 5.40. The normalized spacial score (nSPS) is 11.2. The molecule has 0 unspecified atom stereocenters. The Hall–Kier alpha value is -0.740. The second kappa shape index (κ2) is 3.43. The molecule has 5 heteroatoms. The van der Waals surface area contributed by atoms with Crippen LogP contribution in [0.15, 0.2) is 0 Å². The molecule has 10 heavy (non-hydrogen) atoms. The highest BCUT2D eigenvalue weighted by Gasteiger charge is 2.27. The Morgan fingerprint density at radius 2 is 2.00 bits per heavy atom. The van der Waals surface area contributed by atoms with Crippen LogP contribution in [0.4, 0.5) is 13.2 Å². The Kier molecular flexibility index (Phi) is 3.18. The van der Waals surface area contributed by atoms with Crippen molar-refractivity contribution in [1.29, 1.82) is 0 Å². The number of amides is 1. The molecule has 0 aromatic carbocycles. The first-order valence-electron chi connectivity index (χ1n) is 2.58. The molecule has 0 aliphatic carbocycles. The monoisotopic (exact) mass is 154 g/mol. The zero-order valence-corrected chi connectivity index (χ0v) is 5.16. The van der Waals surface area contributed by atoms with Crippen LogP contribution in [0.2, 0.25) is 0 Å². The molecule has 59 valence electrons. The molecule has 0 heterocycles. The van der Waals surface area contributed by atoms with Crippen LogP contribution >= 0.6 is 0 Å². The van der Waals surface area contributed by atoms with Crippen LogP contribution in [0.5, 0.6) is 0 Å². The third-order valence-electron chi connectivity index (χ3n) is 0.713. The highest BCUT2D eigenvalue weighted by atomic mass is 19.4. The lowest BCUT2D eigenvalue weighted by atomic mass is 10.4. The highest BCUT2D eigenvalue weighted by molar-refractivity contribution is 5.76. The van der Waals surface area contributed by atoms with Gasteiger partial charge in [0.1, 0.15) is 6.54 Å². The van der Waals surface area contributed by atoms with E-state index in [0.29, 0.717) is 0 Å². The molecule has 0 spiro atoms. The van der Waals surface area contributed by atoms with Crippen LogP contribution < -0.4 is 5.32 Å². The maximum atomic E-state index is 11.3. The van der Waals surface area contributed by atoms with Gasteiger partial charge in [-0.25, -0.2) is 0 Å². The standard InChI is InChI=1S/C5H7F3NO/c1-2-4(10)9-3-5(6,7)8/h1-3H2,(H,9,10). The van der Waals surface area contributed by atoms with Gasteiger partial charge in [-0.3, -0.25) is 4.79 Å². The first-order chi connectivity index (χ1) is 4.45. The Bertz CT molecular complexity index is 121. The van der Waals surface area contributed by atoms with Crippen molar-refractivity contribution in [3.05, 3.63) is 6.92 Å². The van der Waals surface area contributed by atoms with E-state index >= 15 is 0 Å². The van der Waals surface area contributed by atoms with Crippen molar-refractivity contribution in [2.45, 2.75) is 12.6 Å². The fourth-order valence-electron chi connectivity index (χ4n) is 0.287. The van der Waals surface area contributed by atoms with Crippen molar-refractivity contribution in [1.82, 2.24) is 5.32 Å². The molecule has 0 rings (SSSR count). The first-order valence-corrected chi connectivity index (χ1v) is 2.58. The van der Waals surface area contributed by atoms with Gasteiger partial charge in [0.2, 0.25) is 5.91 Å². The average molecular weight is 154 g/mol. The van der Waals surface area contributed by atoms with Gasteiger partial charge in [0.15, 0.2) is 0 Å². The van der Waals surface area contributed by atoms with Gasteiger partial charge in [0, 0.05) is 6.42 Å². The van der Waals surface area contributed by atoms with E-state index in [9.17, 15) is 18.0 Å². The Morgan fingerprint density at radius 1 is 1.50 bits per heavy atom. The summed E-state index contributed by atoms with van der Waals surface area (Å²) in [5.74, 6) is -0.697. The van der Waals surface area contributed by atoms with Gasteiger partial charge in [0.05, 0.1) is 0 Å². The highest BCUT2D eigenvalue weighted by Crippen LogP contribution is 2.11. The molecular weight excluding hydrogens is 147 g/mol. The summed E-state index contributed by atoms with van der Waals surface area (Å²) in [5, 5.41) is 1.65. The van der Waals surface area contributed by atoms with Crippen LogP contribution in [0.1, 0.15) is 6.42 Å². The summed E-state index contributed by atoms with van der Waals surface area (Å²) in [7, 11) is 0. The van der Waals surface area contributed by atoms with Gasteiger partial charge in [-0.2, -0.15) is 13.2 Å². The molecule has 0 saturated carbocycles. The third-order valence-corrected chi connectivity index (χ3v) is 0.713. The summed E-state index contributed by atoms with van der Waals surface area (Å²) in [6.45, 7) is 1.83. The Balaban J connectivity index is 3.46. The van der Waals surface area contributed by atoms with Crippen LogP contribution in [0.3, 0.4) is 0 Å². The molecule has 1 N–H and O–H groups in total. The Morgan fingerprint density at radius 3 is 2.30 bits per heavy atom. The summed E-state index contributed by atoms with van der Waals surface area (Å²) in [4.78, 5) is 10.2. The number of carbonyl (C=O) groups excluding carboxylic acids is 1. The second-order valence-electron chi connectivity index (χ2n) is 1.64. The van der Waals surface area contributed by atoms with Crippen molar-refractivity contribution in [3.8, 4) is 0 Å². The van der Waals surface area contributed by atoms with Gasteiger partial charge >= 0.3 is 6.18 Å². The van der Waals surface area contributed by atoms with Crippen molar-refractivity contribution in [3.63, 3.8) is 0 Å². The summed E-state index contributed by atoms with van der Waals surface area (Å²) in [6, 6.07) is 0. The van der Waals surface area contributed by atoms with Crippen molar-refractivity contribution < 1.29 is 18.0 Å². The molecule has 0 fully saturated rings. The van der Waals surface area contributed by atoms with Crippen molar-refractivity contribution >= 4 is 5.91 Å². The minimum Gasteiger partial charge on any atom is -0.347 e. The van der Waals surface area contributed by atoms with E-state index in [4.69, 9.17) is 0 Å². The molecule has 0 atom stereocenters. The zero-order valence-electron chi connectivity index (χ0n) is 5.16. The Labute approximate surface area is 56.4 Å². The van der Waals surface area contributed by atoms with Crippen LogP contribution in [-0.2, 0) is 4.79 Å². The lowest BCUT2D eigenvalue weighted by Gasteiger charge is -2.06. The van der Waals surface area contributed by atoms with Gasteiger partial charge in [-0.1, -0.05) is 0 Å². The number of alkyl halides is 3. The smallest absolute Gasteiger partial charge is 0.347 e.